The molecular formula is C13H11Cl2NO2. The zero-order valence-electron chi connectivity index (χ0n) is 9.69. The number of furan rings is 1. The first kappa shape index (κ1) is 13.0. The highest BCUT2D eigenvalue weighted by atomic mass is 35.5. The molecule has 0 saturated carbocycles. The minimum Gasteiger partial charge on any atom is -0.459 e. The van der Waals surface area contributed by atoms with E-state index in [1.54, 1.807) is 36.2 Å². The van der Waals surface area contributed by atoms with Crippen molar-refractivity contribution < 1.29 is 9.21 Å². The Morgan fingerprint density at radius 1 is 1.28 bits per heavy atom. The molecule has 0 unspecified atom stereocenters. The fourth-order valence-corrected chi connectivity index (χ4v) is 1.89. The van der Waals surface area contributed by atoms with E-state index in [9.17, 15) is 4.79 Å². The number of benzene rings is 1. The molecule has 0 fully saturated rings. The van der Waals surface area contributed by atoms with E-state index in [2.05, 4.69) is 0 Å². The molecule has 0 atom stereocenters. The summed E-state index contributed by atoms with van der Waals surface area (Å²) in [4.78, 5) is 13.5. The molecule has 5 heteroatoms. The van der Waals surface area contributed by atoms with Crippen molar-refractivity contribution >= 4 is 29.1 Å². The Labute approximate surface area is 115 Å². The Morgan fingerprint density at radius 2 is 2.06 bits per heavy atom. The number of halogens is 2. The zero-order chi connectivity index (χ0) is 13.1. The predicted octanol–water partition coefficient (Wildman–Crippen LogP) is 3.86. The largest absolute Gasteiger partial charge is 0.459 e. The highest BCUT2D eigenvalue weighted by Crippen LogP contribution is 2.23. The van der Waals surface area contributed by atoms with Crippen LogP contribution in [0.5, 0.6) is 0 Å². The van der Waals surface area contributed by atoms with Gasteiger partial charge in [0.25, 0.3) is 5.91 Å². The molecule has 0 aliphatic carbocycles. The summed E-state index contributed by atoms with van der Waals surface area (Å²) in [7, 11) is 1.70. The van der Waals surface area contributed by atoms with E-state index >= 15 is 0 Å². The fraction of sp³-hybridized carbons (Fsp3) is 0.154. The third-order valence-electron chi connectivity index (χ3n) is 2.48. The SMILES string of the molecule is CN(Cc1ccc(Cl)c(Cl)c1)C(=O)c1ccco1. The van der Waals surface area contributed by atoms with E-state index in [1.165, 1.54) is 6.26 Å². The van der Waals surface area contributed by atoms with E-state index in [1.807, 2.05) is 6.07 Å². The molecule has 2 aromatic rings. The van der Waals surface area contributed by atoms with E-state index in [4.69, 9.17) is 27.6 Å². The topological polar surface area (TPSA) is 33.5 Å². The van der Waals surface area contributed by atoms with Crippen LogP contribution in [0.4, 0.5) is 0 Å². The molecule has 1 aromatic carbocycles. The van der Waals surface area contributed by atoms with Crippen molar-refractivity contribution in [2.24, 2.45) is 0 Å². The molecule has 0 saturated heterocycles. The molecular weight excluding hydrogens is 273 g/mol. The van der Waals surface area contributed by atoms with Crippen LogP contribution in [0.25, 0.3) is 0 Å². The van der Waals surface area contributed by atoms with Gasteiger partial charge in [0, 0.05) is 13.6 Å². The summed E-state index contributed by atoms with van der Waals surface area (Å²) >= 11 is 11.8. The van der Waals surface area contributed by atoms with Crippen molar-refractivity contribution in [3.8, 4) is 0 Å². The Balaban J connectivity index is 2.09. The van der Waals surface area contributed by atoms with Crippen molar-refractivity contribution in [1.82, 2.24) is 4.90 Å². The molecule has 2 rings (SSSR count). The number of hydrogen-bond donors (Lipinski definition) is 0. The number of hydrogen-bond acceptors (Lipinski definition) is 2. The van der Waals surface area contributed by atoms with E-state index in [-0.39, 0.29) is 5.91 Å². The van der Waals surface area contributed by atoms with Crippen molar-refractivity contribution in [2.75, 3.05) is 7.05 Å². The summed E-state index contributed by atoms with van der Waals surface area (Å²) < 4.78 is 5.06. The Kier molecular flexibility index (Phi) is 3.94. The van der Waals surface area contributed by atoms with Crippen molar-refractivity contribution in [3.63, 3.8) is 0 Å². The number of carbonyl (C=O) groups is 1. The predicted molar refractivity (Wildman–Crippen MR) is 71.0 cm³/mol. The van der Waals surface area contributed by atoms with Crippen LogP contribution in [0.1, 0.15) is 16.1 Å². The van der Waals surface area contributed by atoms with Gasteiger partial charge in [0.2, 0.25) is 0 Å². The van der Waals surface area contributed by atoms with Crippen LogP contribution in [0, 0.1) is 0 Å². The second kappa shape index (κ2) is 5.46. The molecule has 94 valence electrons. The fourth-order valence-electron chi connectivity index (χ4n) is 1.57. The molecule has 3 nitrogen and oxygen atoms in total. The lowest BCUT2D eigenvalue weighted by atomic mass is 10.2. The molecule has 0 N–H and O–H groups in total. The van der Waals surface area contributed by atoms with Crippen LogP contribution in [0.3, 0.4) is 0 Å². The van der Waals surface area contributed by atoms with Gasteiger partial charge in [0.15, 0.2) is 5.76 Å². The molecule has 1 heterocycles. The van der Waals surface area contributed by atoms with Gasteiger partial charge in [-0.3, -0.25) is 4.79 Å². The van der Waals surface area contributed by atoms with E-state index in [0.717, 1.165) is 5.56 Å². The smallest absolute Gasteiger partial charge is 0.289 e. The molecule has 1 aromatic heterocycles. The van der Waals surface area contributed by atoms with Gasteiger partial charge >= 0.3 is 0 Å². The number of rotatable bonds is 3. The van der Waals surface area contributed by atoms with Crippen LogP contribution >= 0.6 is 23.2 Å². The van der Waals surface area contributed by atoms with Gasteiger partial charge in [-0.25, -0.2) is 0 Å². The number of amides is 1. The van der Waals surface area contributed by atoms with Gasteiger partial charge in [-0.05, 0) is 29.8 Å². The standard InChI is InChI=1S/C13H11Cl2NO2/c1-16(13(17)12-3-2-6-18-12)8-9-4-5-10(14)11(15)7-9/h2-7H,8H2,1H3. The lowest BCUT2D eigenvalue weighted by Gasteiger charge is -2.16. The monoisotopic (exact) mass is 283 g/mol. The quantitative estimate of drug-likeness (QED) is 0.857. The van der Waals surface area contributed by atoms with Gasteiger partial charge in [0.1, 0.15) is 0 Å². The van der Waals surface area contributed by atoms with Crippen molar-refractivity contribution in [1.29, 1.82) is 0 Å². The van der Waals surface area contributed by atoms with Crippen LogP contribution in [0.15, 0.2) is 41.0 Å². The van der Waals surface area contributed by atoms with Crippen molar-refractivity contribution in [3.05, 3.63) is 58.0 Å². The first-order valence-electron chi connectivity index (χ1n) is 5.31. The van der Waals surface area contributed by atoms with Crippen LogP contribution < -0.4 is 0 Å². The van der Waals surface area contributed by atoms with Crippen LogP contribution in [-0.2, 0) is 6.54 Å². The van der Waals surface area contributed by atoms with Gasteiger partial charge in [0.05, 0.1) is 16.3 Å². The van der Waals surface area contributed by atoms with Gasteiger partial charge in [-0.15, -0.1) is 0 Å². The lowest BCUT2D eigenvalue weighted by molar-refractivity contribution is 0.0753. The Morgan fingerprint density at radius 3 is 2.67 bits per heavy atom. The first-order valence-corrected chi connectivity index (χ1v) is 6.06. The summed E-state index contributed by atoms with van der Waals surface area (Å²) in [5.41, 5.74) is 0.909. The molecule has 1 amide bonds. The van der Waals surface area contributed by atoms with E-state index in [0.29, 0.717) is 22.4 Å². The summed E-state index contributed by atoms with van der Waals surface area (Å²) in [6, 6.07) is 8.61. The summed E-state index contributed by atoms with van der Waals surface area (Å²) in [5.74, 6) is 0.142. The van der Waals surface area contributed by atoms with Gasteiger partial charge in [-0.2, -0.15) is 0 Å². The minimum atomic E-state index is -0.175. The maximum atomic E-state index is 11.9. The molecule has 0 aliphatic heterocycles. The Bertz CT molecular complexity index is 552. The average Bonchev–Trinajstić information content (AvgIpc) is 2.86. The normalized spacial score (nSPS) is 10.4. The summed E-state index contributed by atoms with van der Waals surface area (Å²) in [6.07, 6.45) is 1.47. The van der Waals surface area contributed by atoms with Gasteiger partial charge in [-0.1, -0.05) is 29.3 Å². The second-order valence-corrected chi connectivity index (χ2v) is 4.70. The maximum absolute atomic E-state index is 11.9. The second-order valence-electron chi connectivity index (χ2n) is 3.89. The summed E-state index contributed by atoms with van der Waals surface area (Å²) in [6.45, 7) is 0.441. The Hall–Kier alpha value is -1.45. The van der Waals surface area contributed by atoms with Crippen LogP contribution in [0.2, 0.25) is 10.0 Å². The zero-order valence-corrected chi connectivity index (χ0v) is 11.2. The first-order chi connectivity index (χ1) is 8.58. The number of carbonyl (C=O) groups excluding carboxylic acids is 1. The van der Waals surface area contributed by atoms with E-state index < -0.39 is 0 Å². The molecule has 0 aliphatic rings. The third kappa shape index (κ3) is 2.86. The minimum absolute atomic E-state index is 0.175. The highest BCUT2D eigenvalue weighted by Gasteiger charge is 2.14. The lowest BCUT2D eigenvalue weighted by Crippen LogP contribution is -2.25. The molecule has 0 bridgehead atoms. The van der Waals surface area contributed by atoms with Gasteiger partial charge < -0.3 is 9.32 Å². The highest BCUT2D eigenvalue weighted by molar-refractivity contribution is 6.42. The summed E-state index contributed by atoms with van der Waals surface area (Å²) in [5, 5.41) is 0.980. The molecule has 0 radical (unpaired) electrons. The molecule has 18 heavy (non-hydrogen) atoms. The average molecular weight is 284 g/mol. The van der Waals surface area contributed by atoms with Crippen molar-refractivity contribution in [2.45, 2.75) is 6.54 Å². The number of nitrogens with zero attached hydrogens (tertiary/aromatic N) is 1. The third-order valence-corrected chi connectivity index (χ3v) is 3.22. The molecule has 0 spiro atoms. The van der Waals surface area contributed by atoms with Crippen LogP contribution in [-0.4, -0.2) is 17.9 Å². The maximum Gasteiger partial charge on any atom is 0.289 e.